The molecule has 2 aromatic carbocycles. The van der Waals surface area contributed by atoms with Gasteiger partial charge in [0.2, 0.25) is 11.8 Å². The van der Waals surface area contributed by atoms with Gasteiger partial charge < -0.3 is 15.0 Å². The van der Waals surface area contributed by atoms with Gasteiger partial charge in [-0.2, -0.15) is 0 Å². The van der Waals surface area contributed by atoms with Crippen LogP contribution in [0, 0.1) is 17.5 Å². The second-order valence-electron chi connectivity index (χ2n) is 6.18. The molecule has 0 aromatic heterocycles. The summed E-state index contributed by atoms with van der Waals surface area (Å²) in [4.78, 5) is 25.4. The predicted octanol–water partition coefficient (Wildman–Crippen LogP) is 2.15. The van der Waals surface area contributed by atoms with E-state index in [9.17, 15) is 22.8 Å². The topological polar surface area (TPSA) is 58.6 Å². The molecular formula is C19H17F3N2O3. The Balaban J connectivity index is 1.65. The van der Waals surface area contributed by atoms with E-state index in [1.165, 1.54) is 0 Å². The summed E-state index contributed by atoms with van der Waals surface area (Å²) in [5.74, 6) is -4.51. The molecule has 3 rings (SSSR count). The molecule has 0 unspecified atom stereocenters. The molecule has 0 radical (unpaired) electrons. The second-order valence-corrected chi connectivity index (χ2v) is 6.18. The molecule has 1 aliphatic heterocycles. The average Bonchev–Trinajstić information content (AvgIpc) is 2.63. The van der Waals surface area contributed by atoms with Gasteiger partial charge in [-0.15, -0.1) is 0 Å². The van der Waals surface area contributed by atoms with E-state index < -0.39 is 41.9 Å². The lowest BCUT2D eigenvalue weighted by atomic mass is 10.1. The minimum Gasteiger partial charge on any atom is -0.374 e. The summed E-state index contributed by atoms with van der Waals surface area (Å²) in [6, 6.07) is 9.55. The van der Waals surface area contributed by atoms with E-state index >= 15 is 0 Å². The lowest BCUT2D eigenvalue weighted by Gasteiger charge is -2.32. The molecule has 0 bridgehead atoms. The van der Waals surface area contributed by atoms with Crippen molar-refractivity contribution in [2.45, 2.75) is 19.2 Å². The van der Waals surface area contributed by atoms with E-state index in [4.69, 9.17) is 4.74 Å². The van der Waals surface area contributed by atoms with Gasteiger partial charge in [0.15, 0.2) is 11.6 Å². The highest BCUT2D eigenvalue weighted by Gasteiger charge is 2.33. The number of carbonyl (C=O) groups is 2. The number of carbonyl (C=O) groups excluding carboxylic acids is 2. The Morgan fingerprint density at radius 2 is 1.85 bits per heavy atom. The Kier molecular flexibility index (Phi) is 5.75. The highest BCUT2D eigenvalue weighted by Crippen LogP contribution is 2.18. The molecule has 1 fully saturated rings. The first-order chi connectivity index (χ1) is 12.9. The molecule has 2 aromatic rings. The third-order valence-electron chi connectivity index (χ3n) is 4.11. The van der Waals surface area contributed by atoms with Crippen LogP contribution in [-0.4, -0.2) is 35.9 Å². The van der Waals surface area contributed by atoms with E-state index in [-0.39, 0.29) is 25.3 Å². The first-order valence-corrected chi connectivity index (χ1v) is 8.27. The number of rotatable bonds is 6. The molecule has 5 nitrogen and oxygen atoms in total. The minimum absolute atomic E-state index is 0.0735. The fourth-order valence-corrected chi connectivity index (χ4v) is 2.82. The van der Waals surface area contributed by atoms with Gasteiger partial charge in [0.25, 0.3) is 0 Å². The standard InChI is InChI=1S/C19H17F3N2O3/c20-14-6-13(18(22)15(21)7-14)8-24-9-17(25)23-16(19(24)26)11-27-10-12-4-2-1-3-5-12/h1-7,16H,8-11H2,(H,23,25)/t16-/m1/s1. The van der Waals surface area contributed by atoms with Gasteiger partial charge in [-0.25, -0.2) is 13.2 Å². The predicted molar refractivity (Wildman–Crippen MR) is 89.8 cm³/mol. The summed E-state index contributed by atoms with van der Waals surface area (Å²) >= 11 is 0. The molecule has 0 saturated carbocycles. The zero-order valence-electron chi connectivity index (χ0n) is 14.3. The van der Waals surface area contributed by atoms with Gasteiger partial charge in [-0.05, 0) is 11.6 Å². The summed E-state index contributed by atoms with van der Waals surface area (Å²) in [5.41, 5.74) is 0.570. The third-order valence-corrected chi connectivity index (χ3v) is 4.11. The number of piperazine rings is 1. The van der Waals surface area contributed by atoms with Crippen molar-refractivity contribution in [3.63, 3.8) is 0 Å². The first kappa shape index (κ1) is 18.9. The molecule has 1 heterocycles. The van der Waals surface area contributed by atoms with E-state index in [2.05, 4.69) is 5.32 Å². The number of halogens is 3. The molecular weight excluding hydrogens is 361 g/mol. The summed E-state index contributed by atoms with van der Waals surface area (Å²) < 4.78 is 46.0. The summed E-state index contributed by atoms with van der Waals surface area (Å²) in [5, 5.41) is 2.51. The fourth-order valence-electron chi connectivity index (χ4n) is 2.82. The van der Waals surface area contributed by atoms with Crippen molar-refractivity contribution in [1.29, 1.82) is 0 Å². The van der Waals surface area contributed by atoms with Gasteiger partial charge in [0, 0.05) is 18.2 Å². The summed E-state index contributed by atoms with van der Waals surface area (Å²) in [6.45, 7) is -0.562. The second kappa shape index (κ2) is 8.22. The van der Waals surface area contributed by atoms with Crippen molar-refractivity contribution in [1.82, 2.24) is 10.2 Å². The molecule has 8 heteroatoms. The molecule has 1 N–H and O–H groups in total. The lowest BCUT2D eigenvalue weighted by Crippen LogP contribution is -2.59. The Bertz CT molecular complexity index is 846. The number of hydrogen-bond acceptors (Lipinski definition) is 3. The van der Waals surface area contributed by atoms with Crippen LogP contribution in [0.15, 0.2) is 42.5 Å². The maximum atomic E-state index is 13.8. The van der Waals surface area contributed by atoms with Gasteiger partial charge >= 0.3 is 0 Å². The largest absolute Gasteiger partial charge is 0.374 e. The smallest absolute Gasteiger partial charge is 0.248 e. The van der Waals surface area contributed by atoms with Crippen LogP contribution in [0.1, 0.15) is 11.1 Å². The highest BCUT2D eigenvalue weighted by molar-refractivity contribution is 5.94. The van der Waals surface area contributed by atoms with Crippen LogP contribution in [0.2, 0.25) is 0 Å². The molecule has 27 heavy (non-hydrogen) atoms. The molecule has 142 valence electrons. The quantitative estimate of drug-likeness (QED) is 0.784. The minimum atomic E-state index is -1.35. The Labute approximate surface area is 153 Å². The zero-order valence-corrected chi connectivity index (χ0v) is 14.3. The van der Waals surface area contributed by atoms with E-state index in [1.807, 2.05) is 30.3 Å². The molecule has 1 atom stereocenters. The Morgan fingerprint density at radius 1 is 1.11 bits per heavy atom. The number of hydrogen-bond donors (Lipinski definition) is 1. The Hall–Kier alpha value is -2.87. The average molecular weight is 378 g/mol. The van der Waals surface area contributed by atoms with Crippen LogP contribution in [0.3, 0.4) is 0 Å². The molecule has 2 amide bonds. The van der Waals surface area contributed by atoms with E-state index in [0.29, 0.717) is 6.07 Å². The van der Waals surface area contributed by atoms with Crippen LogP contribution in [0.4, 0.5) is 13.2 Å². The number of amides is 2. The summed E-state index contributed by atoms with van der Waals surface area (Å²) in [7, 11) is 0. The van der Waals surface area contributed by atoms with Crippen LogP contribution in [0.5, 0.6) is 0 Å². The maximum absolute atomic E-state index is 13.8. The van der Waals surface area contributed by atoms with Crippen molar-refractivity contribution in [3.05, 3.63) is 71.0 Å². The summed E-state index contributed by atoms with van der Waals surface area (Å²) in [6.07, 6.45) is 0. The number of nitrogens with one attached hydrogen (secondary N) is 1. The van der Waals surface area contributed by atoms with Crippen LogP contribution >= 0.6 is 0 Å². The normalized spacial score (nSPS) is 17.1. The van der Waals surface area contributed by atoms with Crippen molar-refractivity contribution in [3.8, 4) is 0 Å². The highest BCUT2D eigenvalue weighted by atomic mass is 19.2. The van der Waals surface area contributed by atoms with Crippen molar-refractivity contribution < 1.29 is 27.5 Å². The Morgan fingerprint density at radius 3 is 2.59 bits per heavy atom. The van der Waals surface area contributed by atoms with Gasteiger partial charge in [0.05, 0.1) is 19.8 Å². The number of nitrogens with zero attached hydrogens (tertiary/aromatic N) is 1. The van der Waals surface area contributed by atoms with Crippen molar-refractivity contribution >= 4 is 11.8 Å². The number of ether oxygens (including phenoxy) is 1. The lowest BCUT2D eigenvalue weighted by molar-refractivity contribution is -0.146. The van der Waals surface area contributed by atoms with E-state index in [0.717, 1.165) is 16.5 Å². The molecule has 1 saturated heterocycles. The van der Waals surface area contributed by atoms with Crippen LogP contribution in [0.25, 0.3) is 0 Å². The van der Waals surface area contributed by atoms with Crippen LogP contribution in [-0.2, 0) is 27.5 Å². The monoisotopic (exact) mass is 378 g/mol. The zero-order chi connectivity index (χ0) is 19.4. The van der Waals surface area contributed by atoms with E-state index in [1.54, 1.807) is 0 Å². The number of benzene rings is 2. The van der Waals surface area contributed by atoms with Gasteiger partial charge in [0.1, 0.15) is 11.9 Å². The third kappa shape index (κ3) is 4.65. The molecule has 0 aliphatic carbocycles. The van der Waals surface area contributed by atoms with Crippen LogP contribution < -0.4 is 5.32 Å². The fraction of sp³-hybridized carbons (Fsp3) is 0.263. The van der Waals surface area contributed by atoms with Gasteiger partial charge in [-0.1, -0.05) is 30.3 Å². The van der Waals surface area contributed by atoms with Crippen molar-refractivity contribution in [2.75, 3.05) is 13.2 Å². The molecule has 1 aliphatic rings. The van der Waals surface area contributed by atoms with Gasteiger partial charge in [-0.3, -0.25) is 9.59 Å². The first-order valence-electron chi connectivity index (χ1n) is 8.27. The van der Waals surface area contributed by atoms with Crippen molar-refractivity contribution in [2.24, 2.45) is 0 Å². The SMILES string of the molecule is O=C1CN(Cc2cc(F)cc(F)c2F)C(=O)[C@@H](COCc2ccccc2)N1. The maximum Gasteiger partial charge on any atom is 0.248 e. The molecule has 0 spiro atoms.